The largest absolute Gasteiger partial charge is 0.497 e. The van der Waals surface area contributed by atoms with Crippen molar-refractivity contribution in [1.29, 1.82) is 0 Å². The topological polar surface area (TPSA) is 89.1 Å². The SMILES string of the molecule is COc1cccc(C(=O)Nc2ccccc2C(=O)Nc2ccc(CCN3CCc4cc(OC)c(OC)cc4C3)cc2)c1. The number of anilines is 2. The van der Waals surface area contributed by atoms with Gasteiger partial charge in [0, 0.05) is 30.9 Å². The number of methoxy groups -OCH3 is 3. The number of para-hydroxylation sites is 1. The molecule has 1 aliphatic heterocycles. The first kappa shape index (κ1) is 28.7. The molecule has 4 aromatic carbocycles. The first-order valence-corrected chi connectivity index (χ1v) is 13.9. The fourth-order valence-electron chi connectivity index (χ4n) is 5.12. The molecule has 8 nitrogen and oxygen atoms in total. The molecule has 0 bridgehead atoms. The van der Waals surface area contributed by atoms with Gasteiger partial charge in [0.2, 0.25) is 0 Å². The highest BCUT2D eigenvalue weighted by Gasteiger charge is 2.19. The molecule has 1 heterocycles. The number of nitrogens with one attached hydrogen (secondary N) is 2. The maximum atomic E-state index is 13.2. The summed E-state index contributed by atoms with van der Waals surface area (Å²) in [4.78, 5) is 28.4. The average Bonchev–Trinajstić information content (AvgIpc) is 3.03. The molecule has 0 saturated carbocycles. The van der Waals surface area contributed by atoms with Crippen molar-refractivity contribution >= 4 is 23.2 Å². The first-order chi connectivity index (χ1) is 20.5. The Labute approximate surface area is 246 Å². The average molecular weight is 566 g/mol. The third-order valence-electron chi connectivity index (χ3n) is 7.48. The van der Waals surface area contributed by atoms with Crippen LogP contribution in [0.4, 0.5) is 11.4 Å². The fourth-order valence-corrected chi connectivity index (χ4v) is 5.12. The van der Waals surface area contributed by atoms with Crippen molar-refractivity contribution in [3.63, 3.8) is 0 Å². The summed E-state index contributed by atoms with van der Waals surface area (Å²) in [7, 11) is 4.88. The molecule has 8 heteroatoms. The quantitative estimate of drug-likeness (QED) is 0.252. The molecule has 4 aromatic rings. The van der Waals surface area contributed by atoms with Crippen molar-refractivity contribution in [2.24, 2.45) is 0 Å². The zero-order chi connectivity index (χ0) is 29.5. The maximum absolute atomic E-state index is 13.2. The lowest BCUT2D eigenvalue weighted by molar-refractivity contribution is 0.102. The Morgan fingerprint density at radius 3 is 2.24 bits per heavy atom. The van der Waals surface area contributed by atoms with E-state index in [2.05, 4.69) is 27.7 Å². The number of nitrogens with zero attached hydrogens (tertiary/aromatic N) is 1. The number of amides is 2. The predicted octanol–water partition coefficient (Wildman–Crippen LogP) is 5.82. The Bertz CT molecular complexity index is 1570. The Balaban J connectivity index is 1.17. The van der Waals surface area contributed by atoms with Gasteiger partial charge >= 0.3 is 0 Å². The zero-order valence-electron chi connectivity index (χ0n) is 24.1. The summed E-state index contributed by atoms with van der Waals surface area (Å²) >= 11 is 0. The molecule has 0 atom stereocenters. The van der Waals surface area contributed by atoms with Gasteiger partial charge in [-0.05, 0) is 84.1 Å². The second kappa shape index (κ2) is 13.2. The van der Waals surface area contributed by atoms with Gasteiger partial charge in [0.25, 0.3) is 11.8 Å². The normalized spacial score (nSPS) is 12.6. The maximum Gasteiger partial charge on any atom is 0.257 e. The molecule has 0 aromatic heterocycles. The third-order valence-corrected chi connectivity index (χ3v) is 7.48. The van der Waals surface area contributed by atoms with Crippen LogP contribution in [0.3, 0.4) is 0 Å². The second-order valence-corrected chi connectivity index (χ2v) is 10.1. The van der Waals surface area contributed by atoms with Gasteiger partial charge in [-0.2, -0.15) is 0 Å². The van der Waals surface area contributed by atoms with Gasteiger partial charge in [-0.1, -0.05) is 30.3 Å². The van der Waals surface area contributed by atoms with Crippen molar-refractivity contribution in [2.45, 2.75) is 19.4 Å². The number of hydrogen-bond acceptors (Lipinski definition) is 6. The molecular formula is C34H35N3O5. The number of carbonyl (C=O) groups excluding carboxylic acids is 2. The van der Waals surface area contributed by atoms with Crippen LogP contribution in [0.5, 0.6) is 17.2 Å². The van der Waals surface area contributed by atoms with Gasteiger partial charge < -0.3 is 24.8 Å². The van der Waals surface area contributed by atoms with E-state index in [4.69, 9.17) is 14.2 Å². The summed E-state index contributed by atoms with van der Waals surface area (Å²) in [6.07, 6.45) is 1.87. The van der Waals surface area contributed by atoms with Crippen molar-refractivity contribution in [3.05, 3.63) is 113 Å². The van der Waals surface area contributed by atoms with Crippen molar-refractivity contribution in [1.82, 2.24) is 4.90 Å². The Kier molecular flexibility index (Phi) is 9.04. The minimum atomic E-state index is -0.324. The van der Waals surface area contributed by atoms with Gasteiger partial charge in [-0.15, -0.1) is 0 Å². The van der Waals surface area contributed by atoms with Gasteiger partial charge in [0.1, 0.15) is 5.75 Å². The van der Waals surface area contributed by atoms with E-state index in [0.717, 1.165) is 44.0 Å². The molecular weight excluding hydrogens is 530 g/mol. The number of carbonyl (C=O) groups is 2. The number of ether oxygens (including phenoxy) is 3. The Morgan fingerprint density at radius 2 is 1.50 bits per heavy atom. The second-order valence-electron chi connectivity index (χ2n) is 10.1. The monoisotopic (exact) mass is 565 g/mol. The van der Waals surface area contributed by atoms with Crippen LogP contribution in [0.15, 0.2) is 84.9 Å². The summed E-state index contributed by atoms with van der Waals surface area (Å²) in [6, 6.07) is 25.9. The number of fused-ring (bicyclic) bond motifs is 1. The molecule has 2 amide bonds. The minimum Gasteiger partial charge on any atom is -0.497 e. The standard InChI is InChI=1S/C34H35N3O5/c1-40-28-8-6-7-25(19-28)33(38)36-30-10-5-4-9-29(30)34(39)35-27-13-11-23(12-14-27)15-17-37-18-16-24-20-31(41-2)32(42-3)21-26(24)22-37/h4-14,19-21H,15-18,22H2,1-3H3,(H,35,39)(H,36,38). The van der Waals surface area contributed by atoms with Gasteiger partial charge in [-0.3, -0.25) is 14.5 Å². The molecule has 0 saturated heterocycles. The van der Waals surface area contributed by atoms with Gasteiger partial charge in [-0.25, -0.2) is 0 Å². The van der Waals surface area contributed by atoms with E-state index in [-0.39, 0.29) is 11.8 Å². The van der Waals surface area contributed by atoms with Crippen LogP contribution in [0.2, 0.25) is 0 Å². The van der Waals surface area contributed by atoms with Crippen LogP contribution < -0.4 is 24.8 Å². The van der Waals surface area contributed by atoms with E-state index in [9.17, 15) is 9.59 Å². The Hall–Kier alpha value is -4.82. The van der Waals surface area contributed by atoms with Crippen molar-refractivity contribution in [3.8, 4) is 17.2 Å². The number of rotatable bonds is 10. The lowest BCUT2D eigenvalue weighted by Crippen LogP contribution is -2.32. The molecule has 0 spiro atoms. The molecule has 0 fully saturated rings. The van der Waals surface area contributed by atoms with E-state index >= 15 is 0 Å². The third kappa shape index (κ3) is 6.72. The summed E-state index contributed by atoms with van der Waals surface area (Å²) in [5.41, 5.74) is 5.70. The summed E-state index contributed by atoms with van der Waals surface area (Å²) in [5, 5.41) is 5.80. The van der Waals surface area contributed by atoms with Crippen LogP contribution in [0.25, 0.3) is 0 Å². The fraction of sp³-hybridized carbons (Fsp3) is 0.235. The predicted molar refractivity (Wildman–Crippen MR) is 164 cm³/mol. The van der Waals surface area contributed by atoms with Crippen molar-refractivity contribution in [2.75, 3.05) is 45.1 Å². The first-order valence-electron chi connectivity index (χ1n) is 13.9. The van der Waals surface area contributed by atoms with Crippen LogP contribution in [-0.2, 0) is 19.4 Å². The zero-order valence-corrected chi connectivity index (χ0v) is 24.1. The van der Waals surface area contributed by atoms with Gasteiger partial charge in [0.15, 0.2) is 11.5 Å². The van der Waals surface area contributed by atoms with Crippen LogP contribution in [0.1, 0.15) is 37.4 Å². The number of benzene rings is 4. The Morgan fingerprint density at radius 1 is 0.762 bits per heavy atom. The minimum absolute atomic E-state index is 0.302. The van der Waals surface area contributed by atoms with E-state index in [0.29, 0.717) is 28.3 Å². The molecule has 216 valence electrons. The summed E-state index contributed by atoms with van der Waals surface area (Å²) in [6.45, 7) is 2.79. The van der Waals surface area contributed by atoms with E-state index < -0.39 is 0 Å². The lowest BCUT2D eigenvalue weighted by Gasteiger charge is -2.29. The van der Waals surface area contributed by atoms with Crippen LogP contribution >= 0.6 is 0 Å². The molecule has 0 unspecified atom stereocenters. The van der Waals surface area contributed by atoms with E-state index in [1.807, 2.05) is 24.3 Å². The smallest absolute Gasteiger partial charge is 0.257 e. The van der Waals surface area contributed by atoms with Crippen LogP contribution in [-0.4, -0.2) is 51.1 Å². The van der Waals surface area contributed by atoms with Crippen molar-refractivity contribution < 1.29 is 23.8 Å². The molecule has 0 radical (unpaired) electrons. The highest BCUT2D eigenvalue weighted by Crippen LogP contribution is 2.33. The summed E-state index contributed by atoms with van der Waals surface area (Å²) in [5.74, 6) is 1.49. The molecule has 1 aliphatic rings. The van der Waals surface area contributed by atoms with Crippen LogP contribution in [0, 0.1) is 0 Å². The van der Waals surface area contributed by atoms with E-state index in [1.165, 1.54) is 16.7 Å². The molecule has 0 aliphatic carbocycles. The number of hydrogen-bond donors (Lipinski definition) is 2. The highest BCUT2D eigenvalue weighted by atomic mass is 16.5. The van der Waals surface area contributed by atoms with Gasteiger partial charge in [0.05, 0.1) is 32.6 Å². The molecule has 5 rings (SSSR count). The molecule has 42 heavy (non-hydrogen) atoms. The highest BCUT2D eigenvalue weighted by molar-refractivity contribution is 6.12. The summed E-state index contributed by atoms with van der Waals surface area (Å²) < 4.78 is 16.2. The molecule has 2 N–H and O–H groups in total. The lowest BCUT2D eigenvalue weighted by atomic mass is 9.98. The van der Waals surface area contributed by atoms with E-state index in [1.54, 1.807) is 69.9 Å².